The van der Waals surface area contributed by atoms with Crippen molar-refractivity contribution in [2.75, 3.05) is 5.32 Å². The summed E-state index contributed by atoms with van der Waals surface area (Å²) in [6.07, 6.45) is 2.56. The molecule has 6 rings (SSSR count). The van der Waals surface area contributed by atoms with Crippen LogP contribution in [-0.2, 0) is 4.79 Å². The summed E-state index contributed by atoms with van der Waals surface area (Å²) >= 11 is 1.46. The molecule has 27 heavy (non-hydrogen) atoms. The van der Waals surface area contributed by atoms with Crippen molar-refractivity contribution in [3.63, 3.8) is 0 Å². The number of thiazole rings is 1. The van der Waals surface area contributed by atoms with Crippen molar-refractivity contribution in [1.29, 1.82) is 0 Å². The summed E-state index contributed by atoms with van der Waals surface area (Å²) in [4.78, 5) is 17.5. The number of nitrogens with zero attached hydrogens (tertiary/aromatic N) is 1. The summed E-state index contributed by atoms with van der Waals surface area (Å²) in [5.41, 5.74) is 4.89. The van der Waals surface area contributed by atoms with E-state index in [2.05, 4.69) is 65.8 Å². The Morgan fingerprint density at radius 2 is 1.59 bits per heavy atom. The summed E-state index contributed by atoms with van der Waals surface area (Å²) in [6.45, 7) is 6.11. The molecule has 1 N–H and O–H groups in total. The number of rotatable bonds is 2. The Morgan fingerprint density at radius 1 is 1.04 bits per heavy atom. The van der Waals surface area contributed by atoms with Crippen LogP contribution in [0, 0.1) is 5.41 Å². The van der Waals surface area contributed by atoms with E-state index in [0.29, 0.717) is 5.13 Å². The summed E-state index contributed by atoms with van der Waals surface area (Å²) in [7, 11) is 0. The number of anilines is 1. The minimum Gasteiger partial charge on any atom is -0.301 e. The van der Waals surface area contributed by atoms with Gasteiger partial charge < -0.3 is 5.32 Å². The summed E-state index contributed by atoms with van der Waals surface area (Å²) in [5.74, 6) is 0.441. The number of fused-ring (bicyclic) bond motifs is 1. The van der Waals surface area contributed by atoms with Crippen molar-refractivity contribution in [2.45, 2.75) is 39.0 Å². The Balaban J connectivity index is 0.000000872. The van der Waals surface area contributed by atoms with E-state index in [1.165, 1.54) is 33.6 Å². The van der Waals surface area contributed by atoms with E-state index in [1.54, 1.807) is 6.20 Å². The first-order valence-corrected chi connectivity index (χ1v) is 10.4. The fourth-order valence-corrected chi connectivity index (χ4v) is 5.24. The molecule has 3 aromatic rings. The van der Waals surface area contributed by atoms with Gasteiger partial charge in [-0.15, -0.1) is 11.3 Å². The number of amides is 1. The molecule has 1 atom stereocenters. The smallest absolute Gasteiger partial charge is 0.233 e. The summed E-state index contributed by atoms with van der Waals surface area (Å²) in [5, 5.41) is 5.61. The van der Waals surface area contributed by atoms with Crippen LogP contribution >= 0.6 is 11.3 Å². The maximum absolute atomic E-state index is 13.3. The molecule has 1 unspecified atom stereocenters. The molecule has 1 amide bonds. The van der Waals surface area contributed by atoms with Crippen molar-refractivity contribution < 1.29 is 4.79 Å². The zero-order chi connectivity index (χ0) is 19.0. The van der Waals surface area contributed by atoms with Gasteiger partial charge in [-0.1, -0.05) is 62.4 Å². The van der Waals surface area contributed by atoms with E-state index in [1.807, 2.05) is 19.2 Å². The van der Waals surface area contributed by atoms with Gasteiger partial charge >= 0.3 is 0 Å². The highest BCUT2D eigenvalue weighted by Gasteiger charge is 2.53. The minimum absolute atomic E-state index is 0.0708. The molecule has 4 heteroatoms. The molecule has 0 saturated carbocycles. The van der Waals surface area contributed by atoms with Crippen molar-refractivity contribution in [1.82, 2.24) is 4.98 Å². The van der Waals surface area contributed by atoms with Crippen LogP contribution in [0.15, 0.2) is 60.1 Å². The average molecular weight is 377 g/mol. The Hall–Kier alpha value is -2.46. The fraction of sp³-hybridized carbons (Fsp3) is 0.304. The normalized spacial score (nSPS) is 24.3. The van der Waals surface area contributed by atoms with Crippen molar-refractivity contribution in [2.24, 2.45) is 5.41 Å². The van der Waals surface area contributed by atoms with Gasteiger partial charge in [0.2, 0.25) is 5.91 Å². The van der Waals surface area contributed by atoms with Gasteiger partial charge in [0.25, 0.3) is 0 Å². The Kier molecular flexibility index (Phi) is 4.60. The fourth-order valence-electron chi connectivity index (χ4n) is 4.71. The molecule has 3 nitrogen and oxygen atoms in total. The van der Waals surface area contributed by atoms with Crippen LogP contribution in [0.4, 0.5) is 5.13 Å². The first-order valence-electron chi connectivity index (χ1n) is 9.57. The molecular weight excluding hydrogens is 352 g/mol. The van der Waals surface area contributed by atoms with Gasteiger partial charge in [-0.2, -0.15) is 0 Å². The van der Waals surface area contributed by atoms with E-state index in [4.69, 9.17) is 0 Å². The molecule has 2 aromatic carbocycles. The Bertz CT molecular complexity index is 919. The maximum Gasteiger partial charge on any atom is 0.233 e. The summed E-state index contributed by atoms with van der Waals surface area (Å²) < 4.78 is 0. The number of carbonyl (C=O) groups is 1. The lowest BCUT2D eigenvalue weighted by Crippen LogP contribution is -2.47. The van der Waals surface area contributed by atoms with Crippen LogP contribution < -0.4 is 5.32 Å². The third-order valence-electron chi connectivity index (χ3n) is 5.80. The van der Waals surface area contributed by atoms with Crippen molar-refractivity contribution in [3.8, 4) is 0 Å². The second kappa shape index (κ2) is 6.93. The van der Waals surface area contributed by atoms with Crippen LogP contribution in [0.25, 0.3) is 0 Å². The lowest BCUT2D eigenvalue weighted by atomic mass is 9.52. The van der Waals surface area contributed by atoms with Crippen LogP contribution in [0.3, 0.4) is 0 Å². The van der Waals surface area contributed by atoms with Crippen LogP contribution in [0.5, 0.6) is 0 Å². The van der Waals surface area contributed by atoms with E-state index in [0.717, 1.165) is 6.42 Å². The molecule has 3 aliphatic rings. The number of aromatic nitrogens is 1. The summed E-state index contributed by atoms with van der Waals surface area (Å²) in [6, 6.07) is 17.2. The van der Waals surface area contributed by atoms with E-state index in [-0.39, 0.29) is 17.7 Å². The average Bonchev–Trinajstić information content (AvgIpc) is 3.23. The lowest BCUT2D eigenvalue weighted by molar-refractivity contribution is -0.126. The number of hydrogen-bond donors (Lipinski definition) is 1. The molecule has 2 bridgehead atoms. The molecule has 1 aromatic heterocycles. The highest BCUT2D eigenvalue weighted by Crippen LogP contribution is 2.61. The zero-order valence-electron chi connectivity index (χ0n) is 15.9. The standard InChI is InChI=1S/C21H18N2OS.C2H6/c1-21(19(24)23-20-22-10-11-25-20)12-17-13-6-2-4-8-15(13)18(21)16-9-5-3-7-14(16)17;1-2/h2-11,17-18H,12H2,1H3,(H,22,23,24);1-2H3. The largest absolute Gasteiger partial charge is 0.301 e. The van der Waals surface area contributed by atoms with Gasteiger partial charge in [0.15, 0.2) is 5.13 Å². The van der Waals surface area contributed by atoms with E-state index < -0.39 is 5.41 Å². The molecule has 3 aliphatic carbocycles. The molecule has 0 saturated heterocycles. The second-order valence-corrected chi connectivity index (χ2v) is 8.05. The van der Waals surface area contributed by atoms with Crippen LogP contribution in [0.1, 0.15) is 61.3 Å². The van der Waals surface area contributed by atoms with Gasteiger partial charge in [-0.25, -0.2) is 4.98 Å². The first kappa shape index (κ1) is 17.9. The molecule has 0 radical (unpaired) electrons. The van der Waals surface area contributed by atoms with Crippen molar-refractivity contribution in [3.05, 3.63) is 82.4 Å². The molecule has 0 fully saturated rings. The Labute approximate surface area is 164 Å². The number of carbonyl (C=O) groups excluding carboxylic acids is 1. The van der Waals surface area contributed by atoms with Gasteiger partial charge in [-0.3, -0.25) is 4.79 Å². The van der Waals surface area contributed by atoms with Crippen molar-refractivity contribution >= 4 is 22.4 Å². The zero-order valence-corrected chi connectivity index (χ0v) is 16.7. The maximum atomic E-state index is 13.3. The molecule has 138 valence electrons. The van der Waals surface area contributed by atoms with E-state index in [9.17, 15) is 4.79 Å². The van der Waals surface area contributed by atoms with Gasteiger partial charge in [0.05, 0.1) is 5.41 Å². The molecule has 0 aliphatic heterocycles. The lowest BCUT2D eigenvalue weighted by Gasteiger charge is -2.50. The topological polar surface area (TPSA) is 42.0 Å². The number of nitrogens with one attached hydrogen (secondary N) is 1. The van der Waals surface area contributed by atoms with Gasteiger partial charge in [0, 0.05) is 23.4 Å². The Morgan fingerprint density at radius 3 is 2.11 bits per heavy atom. The second-order valence-electron chi connectivity index (χ2n) is 7.16. The van der Waals surface area contributed by atoms with Gasteiger partial charge in [-0.05, 0) is 35.6 Å². The minimum atomic E-state index is -0.473. The first-order chi connectivity index (χ1) is 13.2. The monoisotopic (exact) mass is 376 g/mol. The molecule has 0 spiro atoms. The quantitative estimate of drug-likeness (QED) is 0.614. The molecular formula is C23H24N2OS. The highest BCUT2D eigenvalue weighted by molar-refractivity contribution is 7.13. The van der Waals surface area contributed by atoms with Crippen LogP contribution in [-0.4, -0.2) is 10.9 Å². The predicted octanol–water partition coefficient (Wildman–Crippen LogP) is 5.80. The third kappa shape index (κ3) is 2.71. The van der Waals surface area contributed by atoms with Crippen LogP contribution in [0.2, 0.25) is 0 Å². The number of benzene rings is 2. The predicted molar refractivity (Wildman–Crippen MR) is 111 cm³/mol. The van der Waals surface area contributed by atoms with Gasteiger partial charge in [0.1, 0.15) is 0 Å². The molecule has 1 heterocycles. The van der Waals surface area contributed by atoms with E-state index >= 15 is 0 Å². The SMILES string of the molecule is CC.CC1(C(=O)Nc2nccs2)CC2c3ccccc3C1c1ccccc12. The number of hydrogen-bond acceptors (Lipinski definition) is 3. The third-order valence-corrected chi connectivity index (χ3v) is 6.49. The highest BCUT2D eigenvalue weighted by atomic mass is 32.1.